The molecular weight excluding hydrogens is 388 g/mol. The number of ether oxygens (including phenoxy) is 2. The fourth-order valence-corrected chi connectivity index (χ4v) is 4.82. The molecule has 4 atom stereocenters. The van der Waals surface area contributed by atoms with Gasteiger partial charge in [0.2, 0.25) is 11.8 Å². The molecule has 0 radical (unpaired) electrons. The number of carbonyl (C=O) groups is 3. The largest absolute Gasteiger partial charge is 0.488 e. The van der Waals surface area contributed by atoms with Gasteiger partial charge in [-0.1, -0.05) is 0 Å². The number of benzene rings is 1. The van der Waals surface area contributed by atoms with E-state index in [2.05, 4.69) is 0 Å². The lowest BCUT2D eigenvalue weighted by Crippen LogP contribution is -2.42. The molecule has 1 aromatic rings. The highest BCUT2D eigenvalue weighted by molar-refractivity contribution is 5.89. The topological polar surface area (TPSA) is 96.4 Å². The first kappa shape index (κ1) is 20.7. The molecule has 2 saturated heterocycles. The van der Waals surface area contributed by atoms with Gasteiger partial charge >= 0.3 is 5.97 Å². The summed E-state index contributed by atoms with van der Waals surface area (Å²) >= 11 is 0. The van der Waals surface area contributed by atoms with E-state index in [9.17, 15) is 19.5 Å². The van der Waals surface area contributed by atoms with Crippen molar-refractivity contribution in [1.82, 2.24) is 9.80 Å². The number of likely N-dealkylation sites (tertiary alicyclic amines) is 2. The second kappa shape index (κ2) is 8.63. The van der Waals surface area contributed by atoms with E-state index in [0.29, 0.717) is 50.2 Å². The summed E-state index contributed by atoms with van der Waals surface area (Å²) in [4.78, 5) is 39.5. The summed E-state index contributed by atoms with van der Waals surface area (Å²) in [6.07, 6.45) is 1.64. The Morgan fingerprint density at radius 3 is 2.47 bits per heavy atom. The van der Waals surface area contributed by atoms with Crippen LogP contribution in [0.4, 0.5) is 0 Å². The van der Waals surface area contributed by atoms with Crippen molar-refractivity contribution in [3.05, 3.63) is 29.8 Å². The van der Waals surface area contributed by atoms with Crippen LogP contribution in [0.25, 0.3) is 0 Å². The maximum absolute atomic E-state index is 12.7. The highest BCUT2D eigenvalue weighted by Gasteiger charge is 2.44. The van der Waals surface area contributed by atoms with Gasteiger partial charge in [0, 0.05) is 26.1 Å². The lowest BCUT2D eigenvalue weighted by molar-refractivity contribution is -0.137. The smallest absolute Gasteiger partial charge is 0.337 e. The quantitative estimate of drug-likeness (QED) is 0.722. The van der Waals surface area contributed by atoms with E-state index >= 15 is 0 Å². The summed E-state index contributed by atoms with van der Waals surface area (Å²) in [5, 5.41) is 10.6. The number of amides is 2. The van der Waals surface area contributed by atoms with Gasteiger partial charge in [-0.2, -0.15) is 0 Å². The third kappa shape index (κ3) is 4.28. The number of methoxy groups -OCH3 is 1. The Morgan fingerprint density at radius 2 is 1.83 bits per heavy atom. The first-order valence-electron chi connectivity index (χ1n) is 10.5. The number of rotatable bonds is 5. The summed E-state index contributed by atoms with van der Waals surface area (Å²) in [5.41, 5.74) is 0.440. The molecule has 1 saturated carbocycles. The van der Waals surface area contributed by atoms with E-state index in [-0.39, 0.29) is 36.3 Å². The van der Waals surface area contributed by atoms with Gasteiger partial charge in [0.05, 0.1) is 25.3 Å². The highest BCUT2D eigenvalue weighted by Crippen LogP contribution is 2.38. The predicted molar refractivity (Wildman–Crippen MR) is 107 cm³/mol. The van der Waals surface area contributed by atoms with Gasteiger partial charge in [0.25, 0.3) is 0 Å². The molecule has 3 aliphatic rings. The van der Waals surface area contributed by atoms with Crippen LogP contribution in [0.2, 0.25) is 0 Å². The van der Waals surface area contributed by atoms with Crippen LogP contribution >= 0.6 is 0 Å². The number of fused-ring (bicyclic) bond motifs is 1. The summed E-state index contributed by atoms with van der Waals surface area (Å²) in [5.74, 6) is 0.745. The normalized spacial score (nSPS) is 28.4. The molecule has 0 unspecified atom stereocenters. The molecule has 1 aromatic carbocycles. The Hall–Kier alpha value is -2.61. The van der Waals surface area contributed by atoms with Crippen molar-refractivity contribution >= 4 is 17.8 Å². The number of hydrogen-bond acceptors (Lipinski definition) is 6. The van der Waals surface area contributed by atoms with Crippen LogP contribution in [0.1, 0.15) is 36.0 Å². The molecule has 0 spiro atoms. The van der Waals surface area contributed by atoms with Gasteiger partial charge in [0.1, 0.15) is 11.9 Å². The molecule has 1 aliphatic carbocycles. The molecule has 8 heteroatoms. The third-order valence-electron chi connectivity index (χ3n) is 6.50. The lowest BCUT2D eigenvalue weighted by Gasteiger charge is -2.35. The molecule has 30 heavy (non-hydrogen) atoms. The molecule has 2 amide bonds. The SMILES string of the molecule is COC(=O)c1ccc(O[C@@H]2C[C@@H]3CN(C(=O)CN4CCCC4=O)C[C@@H]3C[C@H]2O)cc1. The number of aliphatic hydroxyl groups excluding tert-OH is 1. The van der Waals surface area contributed by atoms with Gasteiger partial charge in [-0.15, -0.1) is 0 Å². The Bertz CT molecular complexity index is 810. The molecular formula is C22H28N2O6. The van der Waals surface area contributed by atoms with Crippen molar-refractivity contribution in [3.8, 4) is 5.75 Å². The monoisotopic (exact) mass is 416 g/mol. The Kier molecular flexibility index (Phi) is 5.94. The molecule has 2 aliphatic heterocycles. The van der Waals surface area contributed by atoms with E-state index in [4.69, 9.17) is 9.47 Å². The molecule has 2 heterocycles. The molecule has 3 fully saturated rings. The number of nitrogens with zero attached hydrogens (tertiary/aromatic N) is 2. The molecule has 1 N–H and O–H groups in total. The number of carbonyl (C=O) groups excluding carboxylic acids is 3. The molecule has 0 bridgehead atoms. The average Bonchev–Trinajstić information content (AvgIpc) is 3.34. The third-order valence-corrected chi connectivity index (χ3v) is 6.50. The van der Waals surface area contributed by atoms with Gasteiger partial charge in [-0.3, -0.25) is 9.59 Å². The maximum Gasteiger partial charge on any atom is 0.337 e. The van der Waals surface area contributed by atoms with Crippen LogP contribution in [0, 0.1) is 11.8 Å². The van der Waals surface area contributed by atoms with Crippen LogP contribution < -0.4 is 4.74 Å². The molecule has 0 aromatic heterocycles. The minimum atomic E-state index is -0.609. The summed E-state index contributed by atoms with van der Waals surface area (Å²) in [6, 6.07) is 6.66. The lowest BCUT2D eigenvalue weighted by atomic mass is 9.78. The Balaban J connectivity index is 1.33. The molecule has 4 rings (SSSR count). The van der Waals surface area contributed by atoms with Crippen molar-refractivity contribution in [1.29, 1.82) is 0 Å². The van der Waals surface area contributed by atoms with E-state index in [1.807, 2.05) is 4.90 Å². The van der Waals surface area contributed by atoms with E-state index in [1.54, 1.807) is 29.2 Å². The van der Waals surface area contributed by atoms with E-state index in [1.165, 1.54) is 7.11 Å². The van der Waals surface area contributed by atoms with Crippen molar-refractivity contribution in [2.24, 2.45) is 11.8 Å². The van der Waals surface area contributed by atoms with Gasteiger partial charge in [0.15, 0.2) is 0 Å². The van der Waals surface area contributed by atoms with Crippen molar-refractivity contribution in [3.63, 3.8) is 0 Å². The Labute approximate surface area is 175 Å². The highest BCUT2D eigenvalue weighted by atomic mass is 16.5. The zero-order chi connectivity index (χ0) is 21.3. The van der Waals surface area contributed by atoms with E-state index in [0.717, 1.165) is 6.42 Å². The van der Waals surface area contributed by atoms with Gasteiger partial charge in [-0.25, -0.2) is 4.79 Å². The van der Waals surface area contributed by atoms with Crippen LogP contribution in [0.3, 0.4) is 0 Å². The zero-order valence-corrected chi connectivity index (χ0v) is 17.2. The summed E-state index contributed by atoms with van der Waals surface area (Å²) < 4.78 is 10.7. The number of hydrogen-bond donors (Lipinski definition) is 1. The minimum Gasteiger partial charge on any atom is -0.488 e. The van der Waals surface area contributed by atoms with Gasteiger partial charge < -0.3 is 24.4 Å². The van der Waals surface area contributed by atoms with Crippen molar-refractivity contribution < 1.29 is 29.0 Å². The van der Waals surface area contributed by atoms with Crippen LogP contribution in [0.5, 0.6) is 5.75 Å². The minimum absolute atomic E-state index is 0.00925. The summed E-state index contributed by atoms with van der Waals surface area (Å²) in [7, 11) is 1.33. The predicted octanol–water partition coefficient (Wildman–Crippen LogP) is 1.07. The second-order valence-corrected chi connectivity index (χ2v) is 8.45. The molecule has 8 nitrogen and oxygen atoms in total. The fraction of sp³-hybridized carbons (Fsp3) is 0.591. The van der Waals surface area contributed by atoms with Crippen LogP contribution in [-0.2, 0) is 14.3 Å². The van der Waals surface area contributed by atoms with Crippen molar-refractivity contribution in [2.75, 3.05) is 33.3 Å². The van der Waals surface area contributed by atoms with Crippen LogP contribution in [0.15, 0.2) is 24.3 Å². The standard InChI is InChI=1S/C22H28N2O6/c1-29-22(28)14-4-6-17(7-5-14)30-19-10-16-12-24(11-15(16)9-18(19)25)21(27)13-23-8-2-3-20(23)26/h4-7,15-16,18-19,25H,2-3,8-13H2,1H3/t15-,16+,18+,19+/m0/s1. The number of esters is 1. The molecule has 162 valence electrons. The maximum atomic E-state index is 12.7. The van der Waals surface area contributed by atoms with Crippen LogP contribution in [-0.4, -0.2) is 78.2 Å². The second-order valence-electron chi connectivity index (χ2n) is 8.45. The number of aliphatic hydroxyl groups is 1. The zero-order valence-electron chi connectivity index (χ0n) is 17.2. The Morgan fingerprint density at radius 1 is 1.13 bits per heavy atom. The summed E-state index contributed by atoms with van der Waals surface area (Å²) in [6.45, 7) is 2.09. The van der Waals surface area contributed by atoms with Crippen molar-refractivity contribution in [2.45, 2.75) is 37.9 Å². The first-order valence-corrected chi connectivity index (χ1v) is 10.5. The van der Waals surface area contributed by atoms with Gasteiger partial charge in [-0.05, 0) is 55.4 Å². The fourth-order valence-electron chi connectivity index (χ4n) is 4.82. The first-order chi connectivity index (χ1) is 14.4. The van der Waals surface area contributed by atoms with E-state index < -0.39 is 12.1 Å². The average molecular weight is 416 g/mol.